The lowest BCUT2D eigenvalue weighted by Gasteiger charge is -2.16. The van der Waals surface area contributed by atoms with E-state index in [9.17, 15) is 4.79 Å². The highest BCUT2D eigenvalue weighted by atomic mass is 79.9. The van der Waals surface area contributed by atoms with E-state index in [2.05, 4.69) is 40.4 Å². The van der Waals surface area contributed by atoms with Crippen LogP contribution in [-0.4, -0.2) is 25.1 Å². The fourth-order valence-corrected chi connectivity index (χ4v) is 2.34. The molecule has 0 aliphatic carbocycles. The summed E-state index contributed by atoms with van der Waals surface area (Å²) < 4.78 is 6.54. The fraction of sp³-hybridized carbons (Fsp3) is 0.562. The van der Waals surface area contributed by atoms with Gasteiger partial charge in [-0.25, -0.2) is 0 Å². The molecule has 0 fully saturated rings. The molecule has 0 aliphatic rings. The molecule has 1 atom stereocenters. The predicted molar refractivity (Wildman–Crippen MR) is 89.5 cm³/mol. The number of hydrogen-bond donors (Lipinski definition) is 2. The predicted octanol–water partition coefficient (Wildman–Crippen LogP) is 3.10. The molecule has 1 aromatic rings. The second-order valence-corrected chi connectivity index (χ2v) is 6.30. The van der Waals surface area contributed by atoms with Gasteiger partial charge in [0.2, 0.25) is 0 Å². The van der Waals surface area contributed by atoms with Crippen molar-refractivity contribution in [2.45, 2.75) is 40.3 Å². The summed E-state index contributed by atoms with van der Waals surface area (Å²) in [4.78, 5) is 11.7. The van der Waals surface area contributed by atoms with Gasteiger partial charge in [0.1, 0.15) is 5.75 Å². The van der Waals surface area contributed by atoms with E-state index >= 15 is 0 Å². The van der Waals surface area contributed by atoms with Crippen LogP contribution in [0.4, 0.5) is 0 Å². The SMILES string of the molecule is CCNC(=O)C(C)Oc1ccc(CNCC(C)C)cc1Br. The van der Waals surface area contributed by atoms with Gasteiger partial charge in [-0.05, 0) is 59.9 Å². The molecule has 0 spiro atoms. The molecule has 0 aliphatic heterocycles. The van der Waals surface area contributed by atoms with Gasteiger partial charge in [-0.3, -0.25) is 4.79 Å². The van der Waals surface area contributed by atoms with Crippen molar-refractivity contribution in [1.29, 1.82) is 0 Å². The van der Waals surface area contributed by atoms with Gasteiger partial charge in [0, 0.05) is 13.1 Å². The summed E-state index contributed by atoms with van der Waals surface area (Å²) in [6.07, 6.45) is -0.508. The highest BCUT2D eigenvalue weighted by Crippen LogP contribution is 2.27. The van der Waals surface area contributed by atoms with Crippen LogP contribution in [0.25, 0.3) is 0 Å². The third-order valence-corrected chi connectivity index (χ3v) is 3.52. The average Bonchev–Trinajstić information content (AvgIpc) is 2.41. The summed E-state index contributed by atoms with van der Waals surface area (Å²) >= 11 is 3.50. The maximum atomic E-state index is 11.7. The molecule has 0 heterocycles. The molecule has 0 radical (unpaired) electrons. The Hall–Kier alpha value is -1.07. The molecular formula is C16H25BrN2O2. The van der Waals surface area contributed by atoms with Gasteiger partial charge in [0.25, 0.3) is 5.91 Å². The van der Waals surface area contributed by atoms with Crippen LogP contribution in [0.1, 0.15) is 33.3 Å². The number of carbonyl (C=O) groups is 1. The smallest absolute Gasteiger partial charge is 0.260 e. The van der Waals surface area contributed by atoms with Crippen LogP contribution >= 0.6 is 15.9 Å². The number of rotatable bonds is 8. The summed E-state index contributed by atoms with van der Waals surface area (Å²) in [7, 11) is 0. The molecule has 5 heteroatoms. The number of likely N-dealkylation sites (N-methyl/N-ethyl adjacent to an activating group) is 1. The Labute approximate surface area is 135 Å². The number of ether oxygens (including phenoxy) is 1. The van der Waals surface area contributed by atoms with Crippen LogP contribution < -0.4 is 15.4 Å². The summed E-state index contributed by atoms with van der Waals surface area (Å²) in [6.45, 7) is 10.4. The Morgan fingerprint density at radius 3 is 2.62 bits per heavy atom. The van der Waals surface area contributed by atoms with Crippen molar-refractivity contribution < 1.29 is 9.53 Å². The monoisotopic (exact) mass is 356 g/mol. The van der Waals surface area contributed by atoms with Crippen molar-refractivity contribution in [1.82, 2.24) is 10.6 Å². The summed E-state index contributed by atoms with van der Waals surface area (Å²) in [6, 6.07) is 5.93. The van der Waals surface area contributed by atoms with Gasteiger partial charge >= 0.3 is 0 Å². The van der Waals surface area contributed by atoms with Gasteiger partial charge in [-0.2, -0.15) is 0 Å². The molecule has 4 nitrogen and oxygen atoms in total. The first-order valence-corrected chi connectivity index (χ1v) is 8.16. The fourth-order valence-electron chi connectivity index (χ4n) is 1.82. The van der Waals surface area contributed by atoms with E-state index < -0.39 is 6.10 Å². The first-order valence-electron chi connectivity index (χ1n) is 7.37. The van der Waals surface area contributed by atoms with Crippen LogP contribution in [0.2, 0.25) is 0 Å². The van der Waals surface area contributed by atoms with Crippen molar-refractivity contribution in [3.8, 4) is 5.75 Å². The molecular weight excluding hydrogens is 332 g/mol. The molecule has 0 bridgehead atoms. The second-order valence-electron chi connectivity index (χ2n) is 5.44. The average molecular weight is 357 g/mol. The van der Waals surface area contributed by atoms with Crippen LogP contribution in [0.15, 0.2) is 22.7 Å². The molecule has 0 saturated carbocycles. The zero-order valence-electron chi connectivity index (χ0n) is 13.2. The molecule has 1 rings (SSSR count). The van der Waals surface area contributed by atoms with Gasteiger partial charge in [0.05, 0.1) is 4.47 Å². The lowest BCUT2D eigenvalue weighted by Crippen LogP contribution is -2.36. The number of benzene rings is 1. The minimum Gasteiger partial charge on any atom is -0.480 e. The molecule has 0 aromatic heterocycles. The maximum absolute atomic E-state index is 11.7. The maximum Gasteiger partial charge on any atom is 0.260 e. The topological polar surface area (TPSA) is 50.4 Å². The minimum absolute atomic E-state index is 0.105. The Morgan fingerprint density at radius 1 is 1.33 bits per heavy atom. The number of carbonyl (C=O) groups excluding carboxylic acids is 1. The molecule has 1 aromatic carbocycles. The summed E-state index contributed by atoms with van der Waals surface area (Å²) in [5.41, 5.74) is 1.18. The second kappa shape index (κ2) is 9.05. The lowest BCUT2D eigenvalue weighted by atomic mass is 10.2. The number of halogens is 1. The molecule has 21 heavy (non-hydrogen) atoms. The zero-order valence-corrected chi connectivity index (χ0v) is 14.8. The van der Waals surface area contributed by atoms with Crippen LogP contribution in [0, 0.1) is 5.92 Å². The first kappa shape index (κ1) is 18.0. The van der Waals surface area contributed by atoms with E-state index in [1.54, 1.807) is 6.92 Å². The van der Waals surface area contributed by atoms with Gasteiger partial charge in [0.15, 0.2) is 6.10 Å². The zero-order chi connectivity index (χ0) is 15.8. The summed E-state index contributed by atoms with van der Waals surface area (Å²) in [5, 5.41) is 6.14. The third-order valence-electron chi connectivity index (χ3n) is 2.90. The molecule has 118 valence electrons. The first-order chi connectivity index (χ1) is 9.93. The van der Waals surface area contributed by atoms with Crippen molar-refractivity contribution in [3.63, 3.8) is 0 Å². The van der Waals surface area contributed by atoms with Crippen LogP contribution in [0.5, 0.6) is 5.75 Å². The molecule has 2 N–H and O–H groups in total. The standard InChI is InChI=1S/C16H25BrN2O2/c1-5-19-16(20)12(4)21-15-7-6-13(8-14(15)17)10-18-9-11(2)3/h6-8,11-12,18H,5,9-10H2,1-4H3,(H,19,20). The Morgan fingerprint density at radius 2 is 2.05 bits per heavy atom. The quantitative estimate of drug-likeness (QED) is 0.752. The normalized spacial score (nSPS) is 12.3. The van der Waals surface area contributed by atoms with Crippen LogP contribution in [-0.2, 0) is 11.3 Å². The van der Waals surface area contributed by atoms with Gasteiger partial charge < -0.3 is 15.4 Å². The van der Waals surface area contributed by atoms with Gasteiger partial charge in [-0.15, -0.1) is 0 Å². The Balaban J connectivity index is 2.59. The number of hydrogen-bond acceptors (Lipinski definition) is 3. The summed E-state index contributed by atoms with van der Waals surface area (Å²) in [5.74, 6) is 1.21. The van der Waals surface area contributed by atoms with Gasteiger partial charge in [-0.1, -0.05) is 19.9 Å². The highest BCUT2D eigenvalue weighted by molar-refractivity contribution is 9.10. The van der Waals surface area contributed by atoms with E-state index in [1.807, 2.05) is 25.1 Å². The Kier molecular flexibility index (Phi) is 7.75. The van der Waals surface area contributed by atoms with Crippen molar-refractivity contribution in [3.05, 3.63) is 28.2 Å². The van der Waals surface area contributed by atoms with E-state index in [1.165, 1.54) is 5.56 Å². The van der Waals surface area contributed by atoms with Crippen molar-refractivity contribution >= 4 is 21.8 Å². The Bertz CT molecular complexity index is 464. The van der Waals surface area contributed by atoms with E-state index in [0.717, 1.165) is 17.6 Å². The number of amides is 1. The van der Waals surface area contributed by atoms with Crippen molar-refractivity contribution in [2.75, 3.05) is 13.1 Å². The lowest BCUT2D eigenvalue weighted by molar-refractivity contribution is -0.127. The third kappa shape index (κ3) is 6.48. The molecule has 0 saturated heterocycles. The van der Waals surface area contributed by atoms with Crippen molar-refractivity contribution in [2.24, 2.45) is 5.92 Å². The van der Waals surface area contributed by atoms with Crippen LogP contribution in [0.3, 0.4) is 0 Å². The highest BCUT2D eigenvalue weighted by Gasteiger charge is 2.15. The van der Waals surface area contributed by atoms with E-state index in [4.69, 9.17) is 4.74 Å². The van der Waals surface area contributed by atoms with E-state index in [-0.39, 0.29) is 5.91 Å². The molecule has 1 amide bonds. The largest absolute Gasteiger partial charge is 0.480 e. The minimum atomic E-state index is -0.508. The van der Waals surface area contributed by atoms with E-state index in [0.29, 0.717) is 18.2 Å². The number of nitrogens with one attached hydrogen (secondary N) is 2. The molecule has 1 unspecified atom stereocenters.